The fraction of sp³-hybridized carbons (Fsp3) is 0.500. The maximum absolute atomic E-state index is 13.0. The van der Waals surface area contributed by atoms with Crippen molar-refractivity contribution in [2.24, 2.45) is 11.8 Å². The van der Waals surface area contributed by atoms with E-state index in [1.54, 1.807) is 0 Å². The van der Waals surface area contributed by atoms with Gasteiger partial charge in [0, 0.05) is 31.7 Å². The monoisotopic (exact) mass is 605 g/mol. The van der Waals surface area contributed by atoms with E-state index in [1.165, 1.54) is 74.1 Å². The maximum Gasteiger partial charge on any atom is 0.339 e. The van der Waals surface area contributed by atoms with E-state index >= 15 is 0 Å². The Hall–Kier alpha value is -3.60. The molecule has 2 aliphatic rings. The number of nitrogens with zero attached hydrogens (tertiary/aromatic N) is 3. The third-order valence-electron chi connectivity index (χ3n) is 9.86. The van der Waals surface area contributed by atoms with E-state index in [0.29, 0.717) is 5.56 Å². The third-order valence-corrected chi connectivity index (χ3v) is 9.86. The number of piperidine rings is 1. The van der Waals surface area contributed by atoms with E-state index in [9.17, 15) is 4.79 Å². The molecule has 5 nitrogen and oxygen atoms in total. The van der Waals surface area contributed by atoms with Crippen LogP contribution in [0.5, 0.6) is 0 Å². The molecule has 0 amide bonds. The Morgan fingerprint density at radius 3 is 2.42 bits per heavy atom. The zero-order chi connectivity index (χ0) is 31.4. The van der Waals surface area contributed by atoms with Crippen LogP contribution in [0.1, 0.15) is 107 Å². The molecule has 5 heteroatoms. The largest absolute Gasteiger partial charge is 0.456 e. The fourth-order valence-corrected chi connectivity index (χ4v) is 7.51. The van der Waals surface area contributed by atoms with Gasteiger partial charge in [-0.25, -0.2) is 9.78 Å². The lowest BCUT2D eigenvalue weighted by molar-refractivity contribution is 0.00704. The molecule has 0 spiro atoms. The lowest BCUT2D eigenvalue weighted by atomic mass is 9.76. The van der Waals surface area contributed by atoms with Crippen LogP contribution in [0, 0.1) is 11.8 Å². The van der Waals surface area contributed by atoms with Crippen molar-refractivity contribution >= 4 is 22.7 Å². The highest BCUT2D eigenvalue weighted by atomic mass is 16.6. The maximum atomic E-state index is 13.0. The molecule has 1 aliphatic carbocycles. The number of carbonyl (C=O) groups is 1. The van der Waals surface area contributed by atoms with Crippen molar-refractivity contribution < 1.29 is 9.53 Å². The van der Waals surface area contributed by atoms with E-state index < -0.39 is 5.60 Å². The van der Waals surface area contributed by atoms with Crippen molar-refractivity contribution in [2.75, 3.05) is 18.0 Å². The predicted octanol–water partition coefficient (Wildman–Crippen LogP) is 9.85. The van der Waals surface area contributed by atoms with Gasteiger partial charge in [-0.1, -0.05) is 87.9 Å². The van der Waals surface area contributed by atoms with Crippen molar-refractivity contribution in [3.05, 3.63) is 83.7 Å². The van der Waals surface area contributed by atoms with Gasteiger partial charge in [0.2, 0.25) is 0 Å². The molecule has 0 N–H and O–H groups in total. The summed E-state index contributed by atoms with van der Waals surface area (Å²) in [5.74, 6) is 2.62. The summed E-state index contributed by atoms with van der Waals surface area (Å²) in [6, 6.07) is 23.3. The SMILES string of the molecule is CCCCc1nc2ccc(N3CCCC(C4CCCCC4)C3)cc2n1Cc1ccc(-c2ccccc2C(=O)OC(C)(C)C)cc1. The van der Waals surface area contributed by atoms with Gasteiger partial charge in [-0.2, -0.15) is 0 Å². The molecule has 6 rings (SSSR count). The number of rotatable bonds is 9. The van der Waals surface area contributed by atoms with Crippen molar-refractivity contribution in [1.29, 1.82) is 0 Å². The first-order valence-electron chi connectivity index (χ1n) is 17.4. The standard InChI is InChI=1S/C40H51N3O2/c1-5-6-18-38-41-36-24-23-33(42-25-12-15-32(28-42)30-13-8-7-9-14-30)26-37(36)43(38)27-29-19-21-31(22-20-29)34-16-10-11-17-35(34)39(44)45-40(2,3)4/h10-11,16-17,19-24,26,30,32H,5-9,12-15,18,25,27-28H2,1-4H3. The number of hydrogen-bond donors (Lipinski definition) is 0. The molecule has 3 aromatic carbocycles. The quantitative estimate of drug-likeness (QED) is 0.178. The lowest BCUT2D eigenvalue weighted by Crippen LogP contribution is -2.39. The number of benzene rings is 3. The summed E-state index contributed by atoms with van der Waals surface area (Å²) >= 11 is 0. The number of unbranched alkanes of at least 4 members (excludes halogenated alkanes) is 1. The second kappa shape index (κ2) is 13.8. The molecule has 1 aromatic heterocycles. The fourth-order valence-electron chi connectivity index (χ4n) is 7.51. The number of fused-ring (bicyclic) bond motifs is 1. The molecule has 1 aliphatic heterocycles. The number of aromatic nitrogens is 2. The number of carbonyl (C=O) groups excluding carboxylic acids is 1. The van der Waals surface area contributed by atoms with Crippen molar-refractivity contribution in [3.8, 4) is 11.1 Å². The average Bonchev–Trinajstić information content (AvgIpc) is 3.40. The van der Waals surface area contributed by atoms with Crippen LogP contribution < -0.4 is 4.90 Å². The third kappa shape index (κ3) is 7.45. The van der Waals surface area contributed by atoms with E-state index in [2.05, 4.69) is 58.9 Å². The Morgan fingerprint density at radius 2 is 1.67 bits per heavy atom. The zero-order valence-corrected chi connectivity index (χ0v) is 27.9. The van der Waals surface area contributed by atoms with Gasteiger partial charge < -0.3 is 14.2 Å². The second-order valence-electron chi connectivity index (χ2n) is 14.4. The second-order valence-corrected chi connectivity index (χ2v) is 14.4. The van der Waals surface area contributed by atoms with Gasteiger partial charge in [0.25, 0.3) is 0 Å². The average molecular weight is 606 g/mol. The highest BCUT2D eigenvalue weighted by Crippen LogP contribution is 2.37. The first kappa shape index (κ1) is 31.4. The molecule has 1 saturated heterocycles. The molecule has 45 heavy (non-hydrogen) atoms. The number of ether oxygens (including phenoxy) is 1. The van der Waals surface area contributed by atoms with E-state index in [0.717, 1.165) is 60.8 Å². The van der Waals surface area contributed by atoms with Crippen LogP contribution in [0.4, 0.5) is 5.69 Å². The Balaban J connectivity index is 1.26. The molecule has 2 heterocycles. The minimum Gasteiger partial charge on any atom is -0.456 e. The van der Waals surface area contributed by atoms with Gasteiger partial charge in [0.15, 0.2) is 0 Å². The normalized spacial score (nSPS) is 18.0. The molecule has 1 saturated carbocycles. The number of hydrogen-bond acceptors (Lipinski definition) is 4. The van der Waals surface area contributed by atoms with E-state index in [1.807, 2.05) is 45.0 Å². The van der Waals surface area contributed by atoms with Gasteiger partial charge in [-0.3, -0.25) is 0 Å². The Labute approximate surface area is 270 Å². The Kier molecular flexibility index (Phi) is 9.63. The molecule has 238 valence electrons. The van der Waals surface area contributed by atoms with Crippen LogP contribution in [-0.2, 0) is 17.7 Å². The molecule has 4 aromatic rings. The highest BCUT2D eigenvalue weighted by Gasteiger charge is 2.29. The summed E-state index contributed by atoms with van der Waals surface area (Å²) in [5.41, 5.74) is 6.87. The smallest absolute Gasteiger partial charge is 0.339 e. The first-order valence-corrected chi connectivity index (χ1v) is 17.4. The Bertz CT molecular complexity index is 1590. The topological polar surface area (TPSA) is 47.4 Å². The summed E-state index contributed by atoms with van der Waals surface area (Å²) in [6.45, 7) is 11.1. The van der Waals surface area contributed by atoms with Crippen LogP contribution in [-0.4, -0.2) is 34.2 Å². The molecule has 1 atom stereocenters. The van der Waals surface area contributed by atoms with Crippen LogP contribution >= 0.6 is 0 Å². The van der Waals surface area contributed by atoms with Gasteiger partial charge in [-0.15, -0.1) is 0 Å². The Morgan fingerprint density at radius 1 is 0.911 bits per heavy atom. The predicted molar refractivity (Wildman–Crippen MR) is 186 cm³/mol. The number of imidazole rings is 1. The van der Waals surface area contributed by atoms with Gasteiger partial charge in [0.05, 0.1) is 16.6 Å². The van der Waals surface area contributed by atoms with E-state index in [-0.39, 0.29) is 5.97 Å². The minimum atomic E-state index is -0.540. The summed E-state index contributed by atoms with van der Waals surface area (Å²) in [6.07, 6.45) is 13.1. The molecule has 0 radical (unpaired) electrons. The van der Waals surface area contributed by atoms with Crippen molar-refractivity contribution in [1.82, 2.24) is 9.55 Å². The van der Waals surface area contributed by atoms with Gasteiger partial charge >= 0.3 is 5.97 Å². The van der Waals surface area contributed by atoms with Crippen molar-refractivity contribution in [2.45, 2.75) is 104 Å². The molecule has 1 unspecified atom stereocenters. The summed E-state index contributed by atoms with van der Waals surface area (Å²) in [5, 5.41) is 0. The van der Waals surface area contributed by atoms with Gasteiger partial charge in [-0.05, 0) is 92.8 Å². The highest BCUT2D eigenvalue weighted by molar-refractivity contribution is 5.97. The molecule has 2 fully saturated rings. The molecular weight excluding hydrogens is 554 g/mol. The summed E-state index contributed by atoms with van der Waals surface area (Å²) in [4.78, 5) is 20.8. The number of aryl methyl sites for hydroxylation is 1. The van der Waals surface area contributed by atoms with Crippen LogP contribution in [0.25, 0.3) is 22.2 Å². The zero-order valence-electron chi connectivity index (χ0n) is 27.9. The molecule has 0 bridgehead atoms. The van der Waals surface area contributed by atoms with Crippen LogP contribution in [0.3, 0.4) is 0 Å². The first-order chi connectivity index (χ1) is 21.8. The number of esters is 1. The van der Waals surface area contributed by atoms with Crippen LogP contribution in [0.2, 0.25) is 0 Å². The number of anilines is 1. The minimum absolute atomic E-state index is 0.290. The molecular formula is C40H51N3O2. The summed E-state index contributed by atoms with van der Waals surface area (Å²) < 4.78 is 8.15. The van der Waals surface area contributed by atoms with Crippen molar-refractivity contribution in [3.63, 3.8) is 0 Å². The lowest BCUT2D eigenvalue weighted by Gasteiger charge is -2.39. The van der Waals surface area contributed by atoms with E-state index in [4.69, 9.17) is 9.72 Å². The van der Waals surface area contributed by atoms with Gasteiger partial charge in [0.1, 0.15) is 11.4 Å². The summed E-state index contributed by atoms with van der Waals surface area (Å²) in [7, 11) is 0. The van der Waals surface area contributed by atoms with Crippen LogP contribution in [0.15, 0.2) is 66.7 Å².